The summed E-state index contributed by atoms with van der Waals surface area (Å²) >= 11 is 6.49. The molecule has 0 N–H and O–H groups in total. The minimum Gasteiger partial charge on any atom is -0.436 e. The van der Waals surface area contributed by atoms with Gasteiger partial charge in [-0.2, -0.15) is 0 Å². The molecule has 0 fully saturated rings. The van der Waals surface area contributed by atoms with E-state index in [1.54, 1.807) is 6.26 Å². The number of hydrogen-bond acceptors (Lipinski definition) is 6. The lowest BCUT2D eigenvalue weighted by Crippen LogP contribution is -1.92. The fourth-order valence-corrected chi connectivity index (χ4v) is 2.77. The number of benzene rings is 1. The highest BCUT2D eigenvalue weighted by atomic mass is 32.9. The number of rotatable bonds is 5. The first-order chi connectivity index (χ1) is 7.50. The predicted octanol–water partition coefficient (Wildman–Crippen LogP) is 3.21. The molecule has 1 aromatic rings. The maximum atomic E-state index is 10.4. The van der Waals surface area contributed by atoms with Crippen molar-refractivity contribution < 1.29 is 14.0 Å². The highest BCUT2D eigenvalue weighted by Gasteiger charge is 2.17. The summed E-state index contributed by atoms with van der Waals surface area (Å²) in [5.74, 6) is 0.477. The van der Waals surface area contributed by atoms with Gasteiger partial charge in [0.2, 0.25) is 0 Å². The van der Waals surface area contributed by atoms with Crippen LogP contribution in [0.1, 0.15) is 0 Å². The average molecular weight is 279 g/mol. The van der Waals surface area contributed by atoms with Crippen LogP contribution in [0.3, 0.4) is 0 Å². The van der Waals surface area contributed by atoms with Crippen molar-refractivity contribution in [2.24, 2.45) is 0 Å². The lowest BCUT2D eigenvalue weighted by atomic mass is 10.3. The van der Waals surface area contributed by atoms with Crippen LogP contribution in [0.25, 0.3) is 0 Å². The second-order valence-corrected chi connectivity index (χ2v) is 9.14. The highest BCUT2D eigenvalue weighted by Crippen LogP contribution is 2.58. The van der Waals surface area contributed by atoms with Crippen LogP contribution in [-0.2, 0) is 16.3 Å². The maximum Gasteiger partial charge on any atom is 0.296 e. The molecule has 8 heteroatoms. The van der Waals surface area contributed by atoms with Crippen LogP contribution >= 0.6 is 17.1 Å². The van der Waals surface area contributed by atoms with Crippen molar-refractivity contribution in [3.05, 3.63) is 34.4 Å². The van der Waals surface area contributed by atoms with Crippen molar-refractivity contribution in [3.8, 4) is 5.75 Å². The zero-order valence-electron chi connectivity index (χ0n) is 8.65. The van der Waals surface area contributed by atoms with E-state index in [0.717, 1.165) is 0 Å². The Bertz CT molecular complexity index is 415. The molecule has 0 aromatic heterocycles. The standard InChI is InChI=1S/C8H10NO4PS2/c1-12-14(15,16-2)13-8-5-3-7(4-6-8)9(10)11/h3-6H,1-2H3. The Balaban J connectivity index is 2.83. The Morgan fingerprint density at radius 2 is 2.00 bits per heavy atom. The fourth-order valence-electron chi connectivity index (χ4n) is 0.907. The van der Waals surface area contributed by atoms with Crippen molar-refractivity contribution in [2.75, 3.05) is 13.4 Å². The summed E-state index contributed by atoms with van der Waals surface area (Å²) < 4.78 is 10.6. The van der Waals surface area contributed by atoms with E-state index < -0.39 is 10.6 Å². The minimum atomic E-state index is -2.36. The van der Waals surface area contributed by atoms with Crippen molar-refractivity contribution in [1.29, 1.82) is 0 Å². The molecule has 0 saturated heterocycles. The van der Waals surface area contributed by atoms with Gasteiger partial charge in [-0.1, -0.05) is 11.4 Å². The monoisotopic (exact) mass is 279 g/mol. The van der Waals surface area contributed by atoms with E-state index in [9.17, 15) is 10.1 Å². The summed E-state index contributed by atoms with van der Waals surface area (Å²) in [5.41, 5.74) is -2.35. The second kappa shape index (κ2) is 5.63. The summed E-state index contributed by atoms with van der Waals surface area (Å²) in [5, 5.41) is 10.4. The third kappa shape index (κ3) is 3.45. The zero-order valence-corrected chi connectivity index (χ0v) is 11.2. The van der Waals surface area contributed by atoms with Crippen LogP contribution in [0.5, 0.6) is 5.75 Å². The van der Waals surface area contributed by atoms with Gasteiger partial charge in [0, 0.05) is 19.2 Å². The molecule has 0 saturated carbocycles. The third-order valence-corrected chi connectivity index (χ3v) is 7.07. The molecule has 16 heavy (non-hydrogen) atoms. The summed E-state index contributed by atoms with van der Waals surface area (Å²) in [7, 11) is 1.49. The van der Waals surface area contributed by atoms with E-state index in [4.69, 9.17) is 20.9 Å². The van der Waals surface area contributed by atoms with Gasteiger partial charge in [-0.25, -0.2) is 0 Å². The molecular weight excluding hydrogens is 269 g/mol. The van der Waals surface area contributed by atoms with Crippen LogP contribution < -0.4 is 4.52 Å². The lowest BCUT2D eigenvalue weighted by molar-refractivity contribution is -0.384. The molecular formula is C8H10NO4PS2. The van der Waals surface area contributed by atoms with E-state index in [1.807, 2.05) is 0 Å². The number of nitro benzene ring substituents is 1. The van der Waals surface area contributed by atoms with Gasteiger partial charge in [0.15, 0.2) is 0 Å². The quantitative estimate of drug-likeness (QED) is 0.468. The van der Waals surface area contributed by atoms with E-state index >= 15 is 0 Å². The Morgan fingerprint density at radius 1 is 1.44 bits per heavy atom. The predicted molar refractivity (Wildman–Crippen MR) is 68.5 cm³/mol. The van der Waals surface area contributed by atoms with Crippen LogP contribution in [0.15, 0.2) is 24.3 Å². The summed E-state index contributed by atoms with van der Waals surface area (Å²) in [6, 6.07) is 5.75. The Labute approximate surface area is 102 Å². The molecule has 0 heterocycles. The molecule has 0 aliphatic heterocycles. The fraction of sp³-hybridized carbons (Fsp3) is 0.250. The number of nitrogens with zero attached hydrogens (tertiary/aromatic N) is 1. The van der Waals surface area contributed by atoms with Crippen molar-refractivity contribution in [2.45, 2.75) is 0 Å². The van der Waals surface area contributed by atoms with Crippen LogP contribution in [0.2, 0.25) is 0 Å². The lowest BCUT2D eigenvalue weighted by Gasteiger charge is -2.17. The van der Waals surface area contributed by atoms with Crippen molar-refractivity contribution >= 4 is 34.6 Å². The van der Waals surface area contributed by atoms with Gasteiger partial charge in [-0.3, -0.25) is 10.1 Å². The van der Waals surface area contributed by atoms with Crippen LogP contribution in [0.4, 0.5) is 5.69 Å². The third-order valence-electron chi connectivity index (χ3n) is 1.71. The first-order valence-electron chi connectivity index (χ1n) is 4.16. The molecule has 0 bridgehead atoms. The summed E-state index contributed by atoms with van der Waals surface area (Å²) in [4.78, 5) is 9.96. The van der Waals surface area contributed by atoms with Gasteiger partial charge < -0.3 is 9.05 Å². The Hall–Kier alpha value is -0.620. The van der Waals surface area contributed by atoms with E-state index in [2.05, 4.69) is 0 Å². The van der Waals surface area contributed by atoms with Crippen LogP contribution in [-0.4, -0.2) is 18.3 Å². The number of hydrogen-bond donors (Lipinski definition) is 0. The molecule has 1 rings (SSSR count). The second-order valence-electron chi connectivity index (χ2n) is 2.65. The van der Waals surface area contributed by atoms with E-state index in [-0.39, 0.29) is 5.69 Å². The topological polar surface area (TPSA) is 61.6 Å². The normalized spacial score (nSPS) is 14.1. The molecule has 1 atom stereocenters. The van der Waals surface area contributed by atoms with E-state index in [0.29, 0.717) is 5.75 Å². The van der Waals surface area contributed by atoms with Gasteiger partial charge in [0.1, 0.15) is 5.75 Å². The minimum absolute atomic E-state index is 0.0159. The Morgan fingerprint density at radius 3 is 2.38 bits per heavy atom. The van der Waals surface area contributed by atoms with Gasteiger partial charge in [-0.05, 0) is 30.2 Å². The average Bonchev–Trinajstić information content (AvgIpc) is 2.29. The van der Waals surface area contributed by atoms with Gasteiger partial charge in [0.05, 0.1) is 4.92 Å². The number of non-ortho nitro benzene ring substituents is 1. The molecule has 1 unspecified atom stereocenters. The first kappa shape index (κ1) is 13.4. The molecule has 1 aromatic carbocycles. The summed E-state index contributed by atoms with van der Waals surface area (Å²) in [6.45, 7) is 0. The number of nitro groups is 1. The van der Waals surface area contributed by atoms with Gasteiger partial charge in [-0.15, -0.1) is 0 Å². The summed E-state index contributed by atoms with van der Waals surface area (Å²) in [6.07, 6.45) is 1.80. The molecule has 0 aliphatic rings. The first-order valence-corrected chi connectivity index (χ1v) is 8.63. The maximum absolute atomic E-state index is 10.4. The molecule has 0 spiro atoms. The van der Waals surface area contributed by atoms with Gasteiger partial charge in [0.25, 0.3) is 11.4 Å². The molecule has 5 nitrogen and oxygen atoms in total. The van der Waals surface area contributed by atoms with Crippen molar-refractivity contribution in [3.63, 3.8) is 0 Å². The zero-order chi connectivity index (χ0) is 12.2. The molecule has 88 valence electrons. The van der Waals surface area contributed by atoms with E-state index in [1.165, 1.54) is 42.8 Å². The molecule has 0 radical (unpaired) electrons. The Kier molecular flexibility index (Phi) is 4.73. The van der Waals surface area contributed by atoms with Gasteiger partial charge >= 0.3 is 0 Å². The highest BCUT2D eigenvalue weighted by molar-refractivity contribution is 8.67. The van der Waals surface area contributed by atoms with Crippen LogP contribution in [0, 0.1) is 10.1 Å². The van der Waals surface area contributed by atoms with Crippen molar-refractivity contribution in [1.82, 2.24) is 0 Å². The SMILES string of the molecule is COP(=S)(Oc1ccc([N+](=O)[O-])cc1)SC. The molecule has 0 aliphatic carbocycles. The molecule has 0 amide bonds. The smallest absolute Gasteiger partial charge is 0.296 e. The largest absolute Gasteiger partial charge is 0.436 e.